The van der Waals surface area contributed by atoms with E-state index < -0.39 is 5.72 Å². The normalized spacial score (nSPS) is 21.7. The largest absolute Gasteiger partial charge is 0.493 e. The summed E-state index contributed by atoms with van der Waals surface area (Å²) in [5, 5.41) is 13.0. The molecule has 2 aromatic rings. The van der Waals surface area contributed by atoms with E-state index in [2.05, 4.69) is 41.5 Å². The Bertz CT molecular complexity index is 943. The number of thioether (sulfide) groups is 1. The average Bonchev–Trinajstić information content (AvgIpc) is 3.03. The fourth-order valence-corrected chi connectivity index (χ4v) is 5.20. The van der Waals surface area contributed by atoms with E-state index in [0.717, 1.165) is 35.1 Å². The molecule has 0 aromatic heterocycles. The van der Waals surface area contributed by atoms with Crippen molar-refractivity contribution in [3.63, 3.8) is 0 Å². The molecule has 5 nitrogen and oxygen atoms in total. The van der Waals surface area contributed by atoms with Crippen LogP contribution in [0.1, 0.15) is 23.1 Å². The van der Waals surface area contributed by atoms with Crippen LogP contribution >= 0.6 is 11.8 Å². The van der Waals surface area contributed by atoms with Crippen molar-refractivity contribution < 1.29 is 19.2 Å². The first kappa shape index (κ1) is 19.2. The van der Waals surface area contributed by atoms with Crippen LogP contribution in [0.3, 0.4) is 0 Å². The molecule has 148 valence electrons. The quantitative estimate of drug-likeness (QED) is 0.798. The Morgan fingerprint density at radius 2 is 1.86 bits per heavy atom. The van der Waals surface area contributed by atoms with Crippen molar-refractivity contribution in [1.29, 1.82) is 0 Å². The molecule has 1 N–H and O–H groups in total. The summed E-state index contributed by atoms with van der Waals surface area (Å²) >= 11 is 1.82. The van der Waals surface area contributed by atoms with E-state index in [-0.39, 0.29) is 0 Å². The molecule has 1 unspecified atom stereocenters. The average molecular weight is 400 g/mol. The van der Waals surface area contributed by atoms with E-state index in [4.69, 9.17) is 9.47 Å². The van der Waals surface area contributed by atoms with Crippen LogP contribution in [0.25, 0.3) is 0 Å². The van der Waals surface area contributed by atoms with E-state index in [9.17, 15) is 5.11 Å². The van der Waals surface area contributed by atoms with Gasteiger partial charge in [-0.3, -0.25) is 0 Å². The number of hydrogen-bond donors (Lipinski definition) is 1. The number of anilines is 1. The van der Waals surface area contributed by atoms with Crippen LogP contribution in [0.5, 0.6) is 11.5 Å². The van der Waals surface area contributed by atoms with Gasteiger partial charge in [-0.1, -0.05) is 12.1 Å². The smallest absolute Gasteiger partial charge is 0.316 e. The maximum atomic E-state index is 11.9. The molecule has 0 bridgehead atoms. The van der Waals surface area contributed by atoms with Crippen molar-refractivity contribution in [2.24, 2.45) is 0 Å². The third-order valence-corrected chi connectivity index (χ3v) is 6.74. The highest BCUT2D eigenvalue weighted by atomic mass is 32.2. The molecule has 0 spiro atoms. The Morgan fingerprint density at radius 3 is 2.61 bits per heavy atom. The van der Waals surface area contributed by atoms with E-state index in [1.54, 1.807) is 14.2 Å². The first-order chi connectivity index (χ1) is 13.5. The summed E-state index contributed by atoms with van der Waals surface area (Å²) in [6.45, 7) is 5.54. The Morgan fingerprint density at radius 1 is 1.07 bits per heavy atom. The van der Waals surface area contributed by atoms with Crippen molar-refractivity contribution in [3.8, 4) is 11.5 Å². The number of methoxy groups -OCH3 is 2. The summed E-state index contributed by atoms with van der Waals surface area (Å²) in [6.07, 6.45) is 1.05. The highest BCUT2D eigenvalue weighted by Gasteiger charge is 2.53. The zero-order chi connectivity index (χ0) is 19.9. The fraction of sp³-hybridized carbons (Fsp3) is 0.409. The molecule has 0 radical (unpaired) electrons. The SMILES string of the molecule is COc1ccc(C2(O)CN(c3cc(C)ccc3C)C3=[N+]2CCCS3)cc1OC. The topological polar surface area (TPSA) is 44.9 Å². The molecule has 4 rings (SSSR count). The molecule has 0 saturated heterocycles. The number of aryl methyl sites for hydroxylation is 2. The maximum absolute atomic E-state index is 11.9. The number of amidine groups is 1. The van der Waals surface area contributed by atoms with Crippen LogP contribution in [0.4, 0.5) is 5.69 Å². The second kappa shape index (κ2) is 7.33. The molecule has 0 saturated carbocycles. The Labute approximate surface area is 170 Å². The lowest BCUT2D eigenvalue weighted by Gasteiger charge is -2.25. The molecule has 0 aliphatic carbocycles. The molecule has 28 heavy (non-hydrogen) atoms. The summed E-state index contributed by atoms with van der Waals surface area (Å²) in [4.78, 5) is 2.27. The lowest BCUT2D eigenvalue weighted by molar-refractivity contribution is -0.656. The third kappa shape index (κ3) is 3.05. The summed E-state index contributed by atoms with van der Waals surface area (Å²) in [7, 11) is 3.24. The summed E-state index contributed by atoms with van der Waals surface area (Å²) in [5.41, 5.74) is 3.29. The first-order valence-electron chi connectivity index (χ1n) is 9.55. The Kier molecular flexibility index (Phi) is 5.02. The molecular weight excluding hydrogens is 372 g/mol. The molecule has 0 amide bonds. The van der Waals surface area contributed by atoms with Gasteiger partial charge in [0.1, 0.15) is 5.69 Å². The van der Waals surface area contributed by atoms with E-state index >= 15 is 0 Å². The second-order valence-electron chi connectivity index (χ2n) is 7.40. The molecule has 2 heterocycles. The second-order valence-corrected chi connectivity index (χ2v) is 8.46. The minimum Gasteiger partial charge on any atom is -0.493 e. The van der Waals surface area contributed by atoms with Crippen LogP contribution < -0.4 is 14.4 Å². The number of hydrogen-bond acceptors (Lipinski definition) is 5. The van der Waals surface area contributed by atoms with Crippen LogP contribution in [-0.2, 0) is 5.72 Å². The number of ether oxygens (including phenoxy) is 2. The third-order valence-electron chi connectivity index (χ3n) is 5.55. The predicted octanol–water partition coefficient (Wildman–Crippen LogP) is 3.49. The number of β-amino-alcohol motifs (C(OH)–C–C–N with tert-alkyl or cyclic N) is 1. The molecule has 0 fully saturated rings. The lowest BCUT2D eigenvalue weighted by Crippen LogP contribution is -2.41. The van der Waals surface area contributed by atoms with Gasteiger partial charge in [0.15, 0.2) is 18.0 Å². The van der Waals surface area contributed by atoms with Gasteiger partial charge in [-0.05, 0) is 67.4 Å². The Hall–Kier alpha value is -2.18. The lowest BCUT2D eigenvalue weighted by atomic mass is 10.0. The van der Waals surface area contributed by atoms with Crippen molar-refractivity contribution in [2.45, 2.75) is 26.0 Å². The van der Waals surface area contributed by atoms with E-state index in [1.807, 2.05) is 30.0 Å². The van der Waals surface area contributed by atoms with Gasteiger partial charge in [-0.2, -0.15) is 0 Å². The number of benzene rings is 2. The number of rotatable bonds is 4. The van der Waals surface area contributed by atoms with Gasteiger partial charge in [-0.15, -0.1) is 0 Å². The number of aliphatic hydroxyl groups is 1. The maximum Gasteiger partial charge on any atom is 0.316 e. The molecule has 2 aromatic carbocycles. The minimum absolute atomic E-state index is 0.481. The van der Waals surface area contributed by atoms with Crippen molar-refractivity contribution in [2.75, 3.05) is 38.0 Å². The Balaban J connectivity index is 1.82. The van der Waals surface area contributed by atoms with Gasteiger partial charge in [0.05, 0.1) is 20.8 Å². The summed E-state index contributed by atoms with van der Waals surface area (Å²) in [6, 6.07) is 12.2. The molecule has 1 atom stereocenters. The number of nitrogens with zero attached hydrogens (tertiary/aromatic N) is 2. The molecule has 6 heteroatoms. The van der Waals surface area contributed by atoms with Gasteiger partial charge >= 0.3 is 5.17 Å². The van der Waals surface area contributed by atoms with Crippen LogP contribution in [0, 0.1) is 13.8 Å². The highest BCUT2D eigenvalue weighted by molar-refractivity contribution is 8.13. The van der Waals surface area contributed by atoms with Crippen molar-refractivity contribution in [3.05, 3.63) is 53.1 Å². The molecule has 2 aliphatic rings. The fourth-order valence-electron chi connectivity index (χ4n) is 4.03. The molecule has 2 aliphatic heterocycles. The minimum atomic E-state index is -1.11. The molecular formula is C22H27N2O3S+. The first-order valence-corrected chi connectivity index (χ1v) is 10.5. The van der Waals surface area contributed by atoms with Gasteiger partial charge in [0, 0.05) is 11.3 Å². The van der Waals surface area contributed by atoms with E-state index in [0.29, 0.717) is 18.0 Å². The zero-order valence-electron chi connectivity index (χ0n) is 16.9. The summed E-state index contributed by atoms with van der Waals surface area (Å²) in [5.74, 6) is 2.36. The van der Waals surface area contributed by atoms with Crippen LogP contribution in [0.2, 0.25) is 0 Å². The van der Waals surface area contributed by atoms with Gasteiger partial charge in [0.25, 0.3) is 5.72 Å². The standard InChI is InChI=1S/C22H27N2O3S/c1-15-6-7-16(2)18(12-15)23-14-22(25,24-10-5-11-28-21(23)24)17-8-9-19(26-3)20(13-17)27-4/h6-9,12-13,25H,5,10-11,14H2,1-4H3/q+1. The zero-order valence-corrected chi connectivity index (χ0v) is 17.7. The highest BCUT2D eigenvalue weighted by Crippen LogP contribution is 2.41. The van der Waals surface area contributed by atoms with Crippen molar-refractivity contribution >= 4 is 22.6 Å². The summed E-state index contributed by atoms with van der Waals surface area (Å²) < 4.78 is 13.0. The van der Waals surface area contributed by atoms with Crippen LogP contribution in [-0.4, -0.2) is 47.9 Å². The van der Waals surface area contributed by atoms with Crippen molar-refractivity contribution in [1.82, 2.24) is 0 Å². The predicted molar refractivity (Wildman–Crippen MR) is 114 cm³/mol. The van der Waals surface area contributed by atoms with E-state index in [1.165, 1.54) is 11.1 Å². The van der Waals surface area contributed by atoms with Gasteiger partial charge < -0.3 is 14.6 Å². The van der Waals surface area contributed by atoms with Crippen LogP contribution in [0.15, 0.2) is 36.4 Å². The monoisotopic (exact) mass is 399 g/mol. The van der Waals surface area contributed by atoms with Gasteiger partial charge in [0.2, 0.25) is 0 Å². The van der Waals surface area contributed by atoms with Gasteiger partial charge in [-0.25, -0.2) is 9.48 Å².